The van der Waals surface area contributed by atoms with Gasteiger partial charge in [-0.1, -0.05) is 109 Å². The van der Waals surface area contributed by atoms with Crippen molar-refractivity contribution in [3.63, 3.8) is 0 Å². The second-order valence-electron chi connectivity index (χ2n) is 12.0. The predicted molar refractivity (Wildman–Crippen MR) is 190 cm³/mol. The molecule has 0 bridgehead atoms. The maximum atomic E-state index is 2.52. The Balaban J connectivity index is 1.21. The Morgan fingerprint density at radius 1 is 0.636 bits per heavy atom. The van der Waals surface area contributed by atoms with Gasteiger partial charge >= 0.3 is 0 Å². The smallest absolute Gasteiger partial charge is 0.0538 e. The molecule has 2 aliphatic rings. The zero-order chi connectivity index (χ0) is 29.0. The number of hydrogen-bond acceptors (Lipinski definition) is 1. The van der Waals surface area contributed by atoms with E-state index in [2.05, 4.69) is 150 Å². The zero-order valence-corrected chi connectivity index (χ0v) is 25.2. The lowest BCUT2D eigenvalue weighted by Gasteiger charge is -2.24. The van der Waals surface area contributed by atoms with E-state index >= 15 is 0 Å². The average Bonchev–Trinajstić information content (AvgIpc) is 3.64. The Morgan fingerprint density at radius 2 is 1.36 bits per heavy atom. The van der Waals surface area contributed by atoms with E-state index in [1.165, 1.54) is 75.9 Å². The third-order valence-corrected chi connectivity index (χ3v) is 10.6. The summed E-state index contributed by atoms with van der Waals surface area (Å²) in [5, 5.41) is 3.99. The van der Waals surface area contributed by atoms with Crippen LogP contribution < -0.4 is 0 Å². The van der Waals surface area contributed by atoms with Crippen LogP contribution in [0, 0.1) is 0 Å². The molecule has 44 heavy (non-hydrogen) atoms. The minimum Gasteiger partial charge on any atom is -0.313 e. The number of nitrogens with zero attached hydrogens (tertiary/aromatic N) is 1. The molecule has 2 aliphatic carbocycles. The van der Waals surface area contributed by atoms with Crippen LogP contribution in [0.4, 0.5) is 0 Å². The summed E-state index contributed by atoms with van der Waals surface area (Å²) in [6.45, 7) is 0. The van der Waals surface area contributed by atoms with E-state index in [9.17, 15) is 0 Å². The van der Waals surface area contributed by atoms with Crippen molar-refractivity contribution in [1.82, 2.24) is 4.57 Å². The monoisotopic (exact) mass is 581 g/mol. The van der Waals surface area contributed by atoms with E-state index in [0.29, 0.717) is 5.92 Å². The van der Waals surface area contributed by atoms with Gasteiger partial charge in [0.25, 0.3) is 0 Å². The molecule has 1 nitrogen and oxygen atoms in total. The van der Waals surface area contributed by atoms with Gasteiger partial charge in [0.05, 0.1) is 11.0 Å². The topological polar surface area (TPSA) is 4.93 Å². The van der Waals surface area contributed by atoms with Crippen molar-refractivity contribution in [2.45, 2.75) is 25.2 Å². The van der Waals surface area contributed by atoms with Crippen molar-refractivity contribution in [2.75, 3.05) is 0 Å². The van der Waals surface area contributed by atoms with Crippen molar-refractivity contribution in [1.29, 1.82) is 0 Å². The van der Waals surface area contributed by atoms with Crippen LogP contribution in [0.3, 0.4) is 0 Å². The molecule has 0 radical (unpaired) electrons. The lowest BCUT2D eigenvalue weighted by molar-refractivity contribution is 0.840. The number of hydrogen-bond donors (Lipinski definition) is 0. The molecule has 2 heteroatoms. The van der Waals surface area contributed by atoms with Crippen LogP contribution in [0.1, 0.15) is 40.3 Å². The highest BCUT2D eigenvalue weighted by Gasteiger charge is 2.23. The quantitative estimate of drug-likeness (QED) is 0.195. The van der Waals surface area contributed by atoms with Crippen LogP contribution in [-0.4, -0.2) is 4.57 Å². The molecule has 0 N–H and O–H groups in total. The number of allylic oxidation sites excluding steroid dienone is 5. The van der Waals surface area contributed by atoms with E-state index in [1.54, 1.807) is 0 Å². The second kappa shape index (κ2) is 10.4. The van der Waals surface area contributed by atoms with Crippen LogP contribution in [0.25, 0.3) is 60.4 Å². The summed E-state index contributed by atoms with van der Waals surface area (Å²) in [5.41, 5.74) is 11.7. The molecule has 0 saturated carbocycles. The maximum Gasteiger partial charge on any atom is 0.0538 e. The SMILES string of the molecule is C1=Cc2c(sc3ccc(-c4ccc5c(c4)c4ccccc4n5C4=CC(c5ccccc5)=CC(c5ccccc5)C4)cc23)CC1. The summed E-state index contributed by atoms with van der Waals surface area (Å²) in [7, 11) is 0. The molecule has 0 fully saturated rings. The third-order valence-electron chi connectivity index (χ3n) is 9.39. The van der Waals surface area contributed by atoms with Gasteiger partial charge in [-0.2, -0.15) is 0 Å². The Morgan fingerprint density at radius 3 is 2.23 bits per heavy atom. The van der Waals surface area contributed by atoms with E-state index in [-0.39, 0.29) is 0 Å². The number of benzene rings is 5. The fourth-order valence-corrected chi connectivity index (χ4v) is 8.45. The van der Waals surface area contributed by atoms with Crippen molar-refractivity contribution in [3.8, 4) is 11.1 Å². The molecule has 1 unspecified atom stereocenters. The summed E-state index contributed by atoms with van der Waals surface area (Å²) >= 11 is 1.96. The second-order valence-corrected chi connectivity index (χ2v) is 13.2. The van der Waals surface area contributed by atoms with Gasteiger partial charge in [0, 0.05) is 37.4 Å². The van der Waals surface area contributed by atoms with E-state index in [4.69, 9.17) is 0 Å². The van der Waals surface area contributed by atoms with Crippen LogP contribution in [0.5, 0.6) is 0 Å². The van der Waals surface area contributed by atoms with Gasteiger partial charge in [0.15, 0.2) is 0 Å². The molecule has 5 aromatic carbocycles. The summed E-state index contributed by atoms with van der Waals surface area (Å²) in [6.07, 6.45) is 12.8. The van der Waals surface area contributed by atoms with Crippen LogP contribution in [0.2, 0.25) is 0 Å². The fourth-order valence-electron chi connectivity index (χ4n) is 7.26. The number of rotatable bonds is 4. The van der Waals surface area contributed by atoms with Gasteiger partial charge in [-0.25, -0.2) is 0 Å². The van der Waals surface area contributed by atoms with Gasteiger partial charge in [0.2, 0.25) is 0 Å². The molecular weight excluding hydrogens is 551 g/mol. The zero-order valence-electron chi connectivity index (χ0n) is 24.4. The fraction of sp³-hybridized carbons (Fsp3) is 0.0952. The van der Waals surface area contributed by atoms with Crippen molar-refractivity contribution >= 4 is 60.6 Å². The first kappa shape index (κ1) is 25.6. The molecule has 9 rings (SSSR count). The Bertz CT molecular complexity index is 2290. The molecule has 0 amide bonds. The van der Waals surface area contributed by atoms with Crippen LogP contribution >= 0.6 is 11.3 Å². The minimum absolute atomic E-state index is 0.305. The molecule has 0 saturated heterocycles. The van der Waals surface area contributed by atoms with E-state index in [1.807, 2.05) is 11.3 Å². The van der Waals surface area contributed by atoms with Crippen molar-refractivity contribution in [3.05, 3.63) is 161 Å². The highest BCUT2D eigenvalue weighted by Crippen LogP contribution is 2.43. The van der Waals surface area contributed by atoms with E-state index < -0.39 is 0 Å². The van der Waals surface area contributed by atoms with Gasteiger partial charge in [0.1, 0.15) is 0 Å². The van der Waals surface area contributed by atoms with Gasteiger partial charge < -0.3 is 4.57 Å². The lowest BCUT2D eigenvalue weighted by atomic mass is 9.85. The Hall–Kier alpha value is -4.92. The molecule has 7 aromatic rings. The molecule has 2 aromatic heterocycles. The van der Waals surface area contributed by atoms with Crippen molar-refractivity contribution < 1.29 is 0 Å². The lowest BCUT2D eigenvalue weighted by Crippen LogP contribution is -2.08. The van der Waals surface area contributed by atoms with Crippen LogP contribution in [-0.2, 0) is 6.42 Å². The maximum absolute atomic E-state index is 2.52. The summed E-state index contributed by atoms with van der Waals surface area (Å²) in [4.78, 5) is 1.52. The first-order chi connectivity index (χ1) is 21.8. The molecule has 0 spiro atoms. The van der Waals surface area contributed by atoms with E-state index in [0.717, 1.165) is 19.3 Å². The normalized spacial score (nSPS) is 16.3. The summed E-state index contributed by atoms with van der Waals surface area (Å²) in [6, 6.07) is 44.8. The van der Waals surface area contributed by atoms with Crippen LogP contribution in [0.15, 0.2) is 140 Å². The van der Waals surface area contributed by atoms with Gasteiger partial charge in [-0.05, 0) is 89.1 Å². The average molecular weight is 582 g/mol. The highest BCUT2D eigenvalue weighted by atomic mass is 32.1. The number of aromatic nitrogens is 1. The van der Waals surface area contributed by atoms with Gasteiger partial charge in [-0.15, -0.1) is 11.3 Å². The minimum atomic E-state index is 0.305. The largest absolute Gasteiger partial charge is 0.313 e. The van der Waals surface area contributed by atoms with Gasteiger partial charge in [-0.3, -0.25) is 0 Å². The number of thiophene rings is 1. The summed E-state index contributed by atoms with van der Waals surface area (Å²) < 4.78 is 3.91. The number of aryl methyl sites for hydroxylation is 1. The predicted octanol–water partition coefficient (Wildman–Crippen LogP) is 11.7. The first-order valence-corrected chi connectivity index (χ1v) is 16.4. The molecule has 0 aliphatic heterocycles. The molecular formula is C42H31NS. The molecule has 1 atom stereocenters. The molecule has 2 heterocycles. The first-order valence-electron chi connectivity index (χ1n) is 15.6. The third kappa shape index (κ3) is 4.21. The van der Waals surface area contributed by atoms with Crippen molar-refractivity contribution in [2.24, 2.45) is 0 Å². The number of para-hydroxylation sites is 1. The standard InChI is InChI=1S/C42H31NS/c1-3-11-28(12-4-1)32-23-33(29-13-5-2-6-14-29)25-34(24-32)43-39-17-9-7-15-35(39)37-26-30(19-21-40(37)43)31-20-22-42-38(27-31)36-16-8-10-18-41(36)44-42/h1-9,11-17,19-24,26-27,33H,10,18,25H2. The Labute approximate surface area is 261 Å². The summed E-state index contributed by atoms with van der Waals surface area (Å²) in [5.74, 6) is 0.305. The number of fused-ring (bicyclic) bond motifs is 6. The highest BCUT2D eigenvalue weighted by molar-refractivity contribution is 7.19. The molecule has 210 valence electrons. The Kier molecular flexibility index (Phi) is 6.02.